The number of halogens is 5. The van der Waals surface area contributed by atoms with Crippen molar-refractivity contribution in [1.29, 1.82) is 0 Å². The second kappa shape index (κ2) is 10.6. The molecular weight excluding hydrogens is 520 g/mol. The molecule has 4 nitrogen and oxygen atoms in total. The fourth-order valence-electron chi connectivity index (χ4n) is 3.96. The van der Waals surface area contributed by atoms with Gasteiger partial charge in [-0.05, 0) is 67.7 Å². The van der Waals surface area contributed by atoms with Crippen LogP contribution in [-0.2, 0) is 13.1 Å². The van der Waals surface area contributed by atoms with Crippen LogP contribution in [0.1, 0.15) is 21.8 Å². The Morgan fingerprint density at radius 1 is 1.03 bits per heavy atom. The number of H-pyrrole nitrogens is 1. The molecule has 2 aromatic carbocycles. The molecule has 0 aliphatic rings. The number of aryl methyl sites for hydroxylation is 2. The van der Waals surface area contributed by atoms with Crippen LogP contribution in [0.5, 0.6) is 5.75 Å². The Hall–Kier alpha value is -2.52. The maximum Gasteiger partial charge on any atom is 0.573 e. The lowest BCUT2D eigenvalue weighted by Crippen LogP contribution is -2.18. The predicted molar refractivity (Wildman–Crippen MR) is 138 cm³/mol. The van der Waals surface area contributed by atoms with E-state index >= 15 is 0 Å². The fourth-order valence-corrected chi connectivity index (χ4v) is 5.23. The van der Waals surface area contributed by atoms with Crippen molar-refractivity contribution in [2.24, 2.45) is 0 Å². The Morgan fingerprint density at radius 2 is 1.71 bits per heavy atom. The van der Waals surface area contributed by atoms with Crippen molar-refractivity contribution >= 4 is 45.4 Å². The van der Waals surface area contributed by atoms with Crippen LogP contribution in [-0.4, -0.2) is 23.3 Å². The van der Waals surface area contributed by atoms with Gasteiger partial charge in [-0.1, -0.05) is 29.8 Å². The van der Waals surface area contributed by atoms with Gasteiger partial charge in [-0.2, -0.15) is 0 Å². The molecule has 35 heavy (non-hydrogen) atoms. The molecule has 0 amide bonds. The van der Waals surface area contributed by atoms with Crippen molar-refractivity contribution in [2.75, 3.05) is 7.05 Å². The Kier molecular flexibility index (Phi) is 8.21. The number of fused-ring (bicyclic) bond motifs is 1. The van der Waals surface area contributed by atoms with E-state index in [-0.39, 0.29) is 28.6 Å². The van der Waals surface area contributed by atoms with Crippen LogP contribution in [0.4, 0.5) is 13.2 Å². The van der Waals surface area contributed by atoms with E-state index in [1.807, 2.05) is 32.2 Å². The largest absolute Gasteiger partial charge is 0.573 e. The third-order valence-corrected chi connectivity index (χ3v) is 6.95. The van der Waals surface area contributed by atoms with Gasteiger partial charge in [0.05, 0.1) is 0 Å². The average Bonchev–Trinajstić information content (AvgIpc) is 3.14. The van der Waals surface area contributed by atoms with Gasteiger partial charge >= 0.3 is 6.36 Å². The molecule has 1 N–H and O–H groups in total. The first-order chi connectivity index (χ1) is 16.0. The van der Waals surface area contributed by atoms with Crippen LogP contribution in [0.25, 0.3) is 21.2 Å². The number of ether oxygens (including phenoxy) is 1. The molecule has 0 aliphatic heterocycles. The minimum atomic E-state index is -4.70. The molecule has 10 heteroatoms. The Labute approximate surface area is 215 Å². The number of rotatable bonds is 6. The zero-order chi connectivity index (χ0) is 24.6. The Balaban J connectivity index is 0.00000342. The molecule has 2 aromatic heterocycles. The smallest absolute Gasteiger partial charge is 0.406 e. The van der Waals surface area contributed by atoms with Gasteiger partial charge in [0.1, 0.15) is 10.8 Å². The number of aromatic nitrogens is 1. The first-order valence-electron chi connectivity index (χ1n) is 10.5. The van der Waals surface area contributed by atoms with Crippen LogP contribution in [0.2, 0.25) is 5.02 Å². The summed E-state index contributed by atoms with van der Waals surface area (Å²) < 4.78 is 42.0. The average molecular weight is 543 g/mol. The highest BCUT2D eigenvalue weighted by Gasteiger charge is 2.30. The highest BCUT2D eigenvalue weighted by Crippen LogP contribution is 2.32. The first kappa shape index (κ1) is 27.1. The van der Waals surface area contributed by atoms with E-state index in [2.05, 4.69) is 20.7 Å². The third-order valence-electron chi connectivity index (χ3n) is 5.40. The van der Waals surface area contributed by atoms with Crippen molar-refractivity contribution < 1.29 is 17.9 Å². The molecule has 0 spiro atoms. The highest BCUT2D eigenvalue weighted by atomic mass is 35.5. The van der Waals surface area contributed by atoms with Crippen molar-refractivity contribution in [3.05, 3.63) is 85.6 Å². The van der Waals surface area contributed by atoms with Gasteiger partial charge in [-0.3, -0.25) is 9.69 Å². The van der Waals surface area contributed by atoms with Crippen LogP contribution >= 0.6 is 35.3 Å². The molecule has 0 bridgehead atoms. The molecule has 0 unspecified atom stereocenters. The van der Waals surface area contributed by atoms with E-state index in [1.54, 1.807) is 30.4 Å². The lowest BCUT2D eigenvalue weighted by Gasteiger charge is -2.16. The molecule has 0 atom stereocenters. The number of aromatic amines is 1. The summed E-state index contributed by atoms with van der Waals surface area (Å²) in [7, 11) is 1.95. The van der Waals surface area contributed by atoms with Gasteiger partial charge in [0.2, 0.25) is 5.43 Å². The lowest BCUT2D eigenvalue weighted by molar-refractivity contribution is -0.274. The van der Waals surface area contributed by atoms with Crippen LogP contribution in [0, 0.1) is 13.8 Å². The summed E-state index contributed by atoms with van der Waals surface area (Å²) in [5.41, 5.74) is 3.50. The molecule has 186 valence electrons. The third kappa shape index (κ3) is 6.38. The van der Waals surface area contributed by atoms with Crippen molar-refractivity contribution in [2.45, 2.75) is 33.3 Å². The maximum atomic E-state index is 12.7. The van der Waals surface area contributed by atoms with Crippen LogP contribution in [0.3, 0.4) is 0 Å². The number of alkyl halides is 3. The predicted octanol–water partition coefficient (Wildman–Crippen LogP) is 7.48. The van der Waals surface area contributed by atoms with Gasteiger partial charge in [0.15, 0.2) is 0 Å². The van der Waals surface area contributed by atoms with Crippen LogP contribution in [0.15, 0.2) is 53.3 Å². The number of hydrogen-bond acceptors (Lipinski definition) is 4. The molecule has 0 saturated carbocycles. The molecule has 2 heterocycles. The number of nitrogens with zero attached hydrogens (tertiary/aromatic N) is 1. The summed E-state index contributed by atoms with van der Waals surface area (Å²) in [6, 6.07) is 13.9. The van der Waals surface area contributed by atoms with E-state index in [0.717, 1.165) is 31.8 Å². The number of pyridine rings is 1. The molecular formula is C25H23Cl2F3N2O2S. The van der Waals surface area contributed by atoms with Crippen LogP contribution < -0.4 is 10.2 Å². The zero-order valence-corrected chi connectivity index (χ0v) is 21.5. The summed E-state index contributed by atoms with van der Waals surface area (Å²) in [6.45, 7) is 4.88. The monoisotopic (exact) mass is 542 g/mol. The van der Waals surface area contributed by atoms with E-state index in [1.165, 1.54) is 12.1 Å². The quantitative estimate of drug-likeness (QED) is 0.274. The van der Waals surface area contributed by atoms with Crippen molar-refractivity contribution in [3.63, 3.8) is 0 Å². The molecule has 0 aliphatic carbocycles. The minimum Gasteiger partial charge on any atom is -0.406 e. The van der Waals surface area contributed by atoms with Crippen molar-refractivity contribution in [3.8, 4) is 16.9 Å². The SMILES string of the molecule is Cc1[nH]c(C)c(-c2ccc3sc(CN(C)Cc4ccc(OC(F)(F)F)cc4)cc3c2)c(=O)c1Cl.Cl. The normalized spacial score (nSPS) is 11.7. The van der Waals surface area contributed by atoms with Crippen molar-refractivity contribution in [1.82, 2.24) is 9.88 Å². The second-order valence-electron chi connectivity index (χ2n) is 8.22. The van der Waals surface area contributed by atoms with Gasteiger partial charge in [0.25, 0.3) is 0 Å². The Morgan fingerprint density at radius 3 is 2.37 bits per heavy atom. The lowest BCUT2D eigenvalue weighted by atomic mass is 10.0. The standard InChI is InChI=1S/C25H22ClF3N2O2S.ClH/c1-14-22(24(32)23(26)15(2)30-14)17-6-9-21-18(10-17)11-20(34-21)13-31(3)12-16-4-7-19(8-5-16)33-25(27,28)29;/h4-11H,12-13H2,1-3H3,(H,30,32);1H. The fraction of sp³-hybridized carbons (Fsp3) is 0.240. The summed E-state index contributed by atoms with van der Waals surface area (Å²) >= 11 is 7.85. The van der Waals surface area contributed by atoms with E-state index in [9.17, 15) is 18.0 Å². The second-order valence-corrected chi connectivity index (χ2v) is 9.77. The Bertz CT molecular complexity index is 1400. The molecule has 0 saturated heterocycles. The number of hydrogen-bond donors (Lipinski definition) is 1. The molecule has 0 radical (unpaired) electrons. The van der Waals surface area contributed by atoms with Gasteiger partial charge in [-0.25, -0.2) is 0 Å². The number of thiophene rings is 1. The van der Waals surface area contributed by atoms with Gasteiger partial charge in [-0.15, -0.1) is 36.9 Å². The zero-order valence-electron chi connectivity index (χ0n) is 19.1. The molecule has 4 aromatic rings. The van der Waals surface area contributed by atoms with E-state index in [4.69, 9.17) is 11.6 Å². The minimum absolute atomic E-state index is 0. The topological polar surface area (TPSA) is 45.3 Å². The summed E-state index contributed by atoms with van der Waals surface area (Å²) in [4.78, 5) is 19.1. The number of benzene rings is 2. The molecule has 0 fully saturated rings. The molecule has 4 rings (SSSR count). The summed E-state index contributed by atoms with van der Waals surface area (Å²) in [5, 5.41) is 1.24. The number of nitrogens with one attached hydrogen (secondary N) is 1. The van der Waals surface area contributed by atoms with Gasteiger partial charge < -0.3 is 9.72 Å². The summed E-state index contributed by atoms with van der Waals surface area (Å²) in [6.07, 6.45) is -4.70. The highest BCUT2D eigenvalue weighted by molar-refractivity contribution is 7.19. The first-order valence-corrected chi connectivity index (χ1v) is 11.6. The van der Waals surface area contributed by atoms with E-state index in [0.29, 0.717) is 24.3 Å². The maximum absolute atomic E-state index is 12.7. The van der Waals surface area contributed by atoms with E-state index < -0.39 is 6.36 Å². The summed E-state index contributed by atoms with van der Waals surface area (Å²) in [5.74, 6) is -0.233. The van der Waals surface area contributed by atoms with Gasteiger partial charge in [0, 0.05) is 39.6 Å².